The second-order valence-corrected chi connectivity index (χ2v) is 9.70. The minimum Gasteiger partial charge on any atom is -0.427 e. The highest BCUT2D eigenvalue weighted by atomic mass is 19.2. The summed E-state index contributed by atoms with van der Waals surface area (Å²) in [6, 6.07) is 4.58. The number of hydrogen-bond acceptors (Lipinski definition) is 5. The molecular weight excluding hydrogens is 505 g/mol. The Labute approximate surface area is 215 Å². The molecule has 5 amide bonds. The number of aryl methyl sites for hydroxylation is 1. The number of carbonyl (C=O) groups is 4. The van der Waals surface area contributed by atoms with E-state index in [1.165, 1.54) is 24.1 Å². The van der Waals surface area contributed by atoms with Crippen LogP contribution in [0.25, 0.3) is 0 Å². The second kappa shape index (κ2) is 9.34. The van der Waals surface area contributed by atoms with Gasteiger partial charge in [-0.05, 0) is 61.6 Å². The molecule has 38 heavy (non-hydrogen) atoms. The first-order valence-electron chi connectivity index (χ1n) is 12.2. The Hall–Kier alpha value is -4.09. The molecule has 2 fully saturated rings. The zero-order valence-electron chi connectivity index (χ0n) is 20.6. The van der Waals surface area contributed by atoms with Crippen LogP contribution >= 0.6 is 0 Å². The van der Waals surface area contributed by atoms with Gasteiger partial charge in [-0.2, -0.15) is 0 Å². The van der Waals surface area contributed by atoms with Crippen molar-refractivity contribution >= 4 is 29.6 Å². The number of fused-ring (bicyclic) bond motifs is 2. The molecule has 1 aliphatic carbocycles. The fourth-order valence-corrected chi connectivity index (χ4v) is 5.68. The van der Waals surface area contributed by atoms with Crippen molar-refractivity contribution in [1.82, 2.24) is 15.1 Å². The largest absolute Gasteiger partial charge is 0.427 e. The van der Waals surface area contributed by atoms with Gasteiger partial charge in [0.1, 0.15) is 12.4 Å². The number of hydrogen-bond donors (Lipinski definition) is 2. The number of ether oxygens (including phenoxy) is 1. The minimum absolute atomic E-state index is 0.0183. The number of likely N-dealkylation sites (tertiary alicyclic amines) is 1. The van der Waals surface area contributed by atoms with E-state index in [2.05, 4.69) is 10.6 Å². The molecule has 3 aliphatic rings. The average Bonchev–Trinajstić information content (AvgIpc) is 3.51. The van der Waals surface area contributed by atoms with Crippen LogP contribution in [0.15, 0.2) is 30.3 Å². The zero-order valence-corrected chi connectivity index (χ0v) is 20.6. The molecule has 2 N–H and O–H groups in total. The monoisotopic (exact) mass is 530 g/mol. The first-order chi connectivity index (χ1) is 18.1. The molecule has 0 aromatic heterocycles. The van der Waals surface area contributed by atoms with Gasteiger partial charge in [-0.25, -0.2) is 27.7 Å². The van der Waals surface area contributed by atoms with Gasteiger partial charge in [-0.15, -0.1) is 0 Å². The number of carbonyl (C=O) groups excluding carboxylic acids is 4. The number of nitrogens with zero attached hydrogens (tertiary/aromatic N) is 2. The molecule has 2 aliphatic heterocycles. The molecule has 5 rings (SSSR count). The molecule has 2 heterocycles. The van der Waals surface area contributed by atoms with Gasteiger partial charge in [-0.1, -0.05) is 6.07 Å². The van der Waals surface area contributed by atoms with Crippen molar-refractivity contribution < 1.29 is 37.1 Å². The third kappa shape index (κ3) is 4.04. The van der Waals surface area contributed by atoms with E-state index in [-0.39, 0.29) is 30.1 Å². The van der Waals surface area contributed by atoms with Crippen LogP contribution in [0.5, 0.6) is 0 Å². The Kier molecular flexibility index (Phi) is 6.28. The normalized spacial score (nSPS) is 24.1. The van der Waals surface area contributed by atoms with Crippen LogP contribution in [0.1, 0.15) is 48.9 Å². The number of amides is 5. The Balaban J connectivity index is 1.39. The molecule has 9 nitrogen and oxygen atoms in total. The summed E-state index contributed by atoms with van der Waals surface area (Å²) in [5.74, 6) is -4.29. The highest BCUT2D eigenvalue weighted by Gasteiger charge is 2.60. The molecule has 3 atom stereocenters. The molecule has 0 unspecified atom stereocenters. The van der Waals surface area contributed by atoms with Crippen molar-refractivity contribution in [2.24, 2.45) is 0 Å². The van der Waals surface area contributed by atoms with Gasteiger partial charge in [-0.3, -0.25) is 9.59 Å². The van der Waals surface area contributed by atoms with Crippen molar-refractivity contribution in [3.8, 4) is 0 Å². The maximum absolute atomic E-state index is 15.2. The molecule has 1 spiro atoms. The predicted octanol–water partition coefficient (Wildman–Crippen LogP) is 3.73. The lowest BCUT2D eigenvalue weighted by Crippen LogP contribution is -2.46. The molecule has 2 aromatic carbocycles. The molecule has 200 valence electrons. The molecule has 0 radical (unpaired) electrons. The Bertz CT molecular complexity index is 1370. The first-order valence-corrected chi connectivity index (χ1v) is 12.2. The topological polar surface area (TPSA) is 108 Å². The summed E-state index contributed by atoms with van der Waals surface area (Å²) in [7, 11) is 1.41. The number of halogens is 3. The summed E-state index contributed by atoms with van der Waals surface area (Å²) in [4.78, 5) is 53.4. The summed E-state index contributed by atoms with van der Waals surface area (Å²) in [5, 5.41) is 4.83. The fraction of sp³-hybridized carbons (Fsp3) is 0.385. The van der Waals surface area contributed by atoms with Crippen molar-refractivity contribution in [1.29, 1.82) is 0 Å². The maximum Gasteiger partial charge on any atom is 0.418 e. The van der Waals surface area contributed by atoms with Crippen molar-refractivity contribution in [3.05, 3.63) is 64.5 Å². The number of imide groups is 1. The van der Waals surface area contributed by atoms with Crippen LogP contribution < -0.4 is 10.6 Å². The van der Waals surface area contributed by atoms with Gasteiger partial charge in [0.05, 0.1) is 6.04 Å². The number of rotatable bonds is 4. The van der Waals surface area contributed by atoms with Gasteiger partial charge in [0.25, 0.3) is 5.91 Å². The lowest BCUT2D eigenvalue weighted by molar-refractivity contribution is -0.143. The zero-order chi connectivity index (χ0) is 27.4. The number of benzene rings is 2. The summed E-state index contributed by atoms with van der Waals surface area (Å²) >= 11 is 0. The molecule has 0 saturated carbocycles. The average molecular weight is 531 g/mol. The van der Waals surface area contributed by atoms with Crippen molar-refractivity contribution in [2.45, 2.75) is 50.3 Å². The van der Waals surface area contributed by atoms with Gasteiger partial charge in [0.2, 0.25) is 11.5 Å². The predicted molar refractivity (Wildman–Crippen MR) is 127 cm³/mol. The van der Waals surface area contributed by atoms with Crippen LogP contribution in [-0.2, 0) is 26.3 Å². The van der Waals surface area contributed by atoms with E-state index < -0.39 is 59.6 Å². The van der Waals surface area contributed by atoms with Gasteiger partial charge in [0, 0.05) is 30.8 Å². The van der Waals surface area contributed by atoms with E-state index in [9.17, 15) is 28.0 Å². The van der Waals surface area contributed by atoms with E-state index in [1.807, 2.05) is 0 Å². The Morgan fingerprint density at radius 3 is 2.55 bits per heavy atom. The van der Waals surface area contributed by atoms with E-state index in [4.69, 9.17) is 4.74 Å². The maximum atomic E-state index is 15.2. The summed E-state index contributed by atoms with van der Waals surface area (Å²) < 4.78 is 48.0. The van der Waals surface area contributed by atoms with Crippen molar-refractivity contribution in [2.75, 3.05) is 18.9 Å². The summed E-state index contributed by atoms with van der Waals surface area (Å²) in [6.45, 7) is 1.15. The van der Waals surface area contributed by atoms with E-state index >= 15 is 4.39 Å². The molecule has 0 bridgehead atoms. The molecule has 12 heteroatoms. The quantitative estimate of drug-likeness (QED) is 0.627. The van der Waals surface area contributed by atoms with Crippen LogP contribution in [0.2, 0.25) is 0 Å². The third-order valence-corrected chi connectivity index (χ3v) is 7.46. The highest BCUT2D eigenvalue weighted by molar-refractivity contribution is 6.06. The number of nitrogens with one attached hydrogen (secondary N) is 2. The van der Waals surface area contributed by atoms with Crippen LogP contribution in [0.4, 0.5) is 28.4 Å². The Morgan fingerprint density at radius 2 is 1.84 bits per heavy atom. The van der Waals surface area contributed by atoms with Gasteiger partial charge >= 0.3 is 12.1 Å². The SMILES string of the molecule is CNC(=O)Nc1cc(F)c2c(c1)CC[C@]21OC(=O)N(CC(=O)N2[C@@H](C)CC[C@H]2c2ccc(F)c(F)c2)C1=O. The van der Waals surface area contributed by atoms with E-state index in [1.54, 1.807) is 6.92 Å². The number of urea groups is 1. The lowest BCUT2D eigenvalue weighted by atomic mass is 9.94. The van der Waals surface area contributed by atoms with E-state index in [0.717, 1.165) is 18.2 Å². The van der Waals surface area contributed by atoms with Crippen LogP contribution in [0, 0.1) is 17.5 Å². The molecular formula is C26H25F3N4O5. The highest BCUT2D eigenvalue weighted by Crippen LogP contribution is 2.47. The third-order valence-electron chi connectivity index (χ3n) is 7.46. The molecule has 2 aromatic rings. The van der Waals surface area contributed by atoms with Gasteiger partial charge in [0.15, 0.2) is 11.6 Å². The summed E-state index contributed by atoms with van der Waals surface area (Å²) in [5.41, 5.74) is -1.02. The smallest absolute Gasteiger partial charge is 0.418 e. The lowest BCUT2D eigenvalue weighted by Gasteiger charge is -2.30. The van der Waals surface area contributed by atoms with Crippen LogP contribution in [-0.4, -0.2) is 53.4 Å². The minimum atomic E-state index is -1.90. The molecule has 2 saturated heterocycles. The standard InChI is InChI=1S/C26H25F3N4O5/c1-13-3-6-20(14-4-5-17(27)18(28)10-14)33(13)21(34)12-32-23(35)26(38-25(32)37)8-7-15-9-16(31-24(36)30-2)11-19(29)22(15)26/h4-5,9-11,13,20H,3,6-8,12H2,1-2H3,(H2,30,31,36)/t13-,20-,26-/m0/s1. The van der Waals surface area contributed by atoms with E-state index in [0.29, 0.717) is 28.9 Å². The Morgan fingerprint density at radius 1 is 1.08 bits per heavy atom. The van der Waals surface area contributed by atoms with Crippen LogP contribution in [0.3, 0.4) is 0 Å². The second-order valence-electron chi connectivity index (χ2n) is 9.70. The van der Waals surface area contributed by atoms with Crippen molar-refractivity contribution in [3.63, 3.8) is 0 Å². The summed E-state index contributed by atoms with van der Waals surface area (Å²) in [6.07, 6.45) is 0.195. The van der Waals surface area contributed by atoms with Gasteiger partial charge < -0.3 is 20.3 Å². The number of anilines is 1. The fourth-order valence-electron chi connectivity index (χ4n) is 5.68. The first kappa shape index (κ1) is 25.6.